The summed E-state index contributed by atoms with van der Waals surface area (Å²) >= 11 is 0. The van der Waals surface area contributed by atoms with E-state index in [1.54, 1.807) is 12.4 Å². The SMILES string of the molecule is CCN(Cc1cc(C)ccc1-c1cncc(CC(=O)OC)c1)C(=O)Cc1ccccc1. The summed E-state index contributed by atoms with van der Waals surface area (Å²) in [6, 6.07) is 18.0. The van der Waals surface area contributed by atoms with E-state index >= 15 is 0 Å². The highest BCUT2D eigenvalue weighted by Crippen LogP contribution is 2.27. The molecular weight excluding hydrogens is 388 g/mol. The van der Waals surface area contributed by atoms with Gasteiger partial charge in [-0.05, 0) is 42.2 Å². The molecule has 0 aliphatic carbocycles. The zero-order valence-electron chi connectivity index (χ0n) is 18.3. The molecule has 0 N–H and O–H groups in total. The third kappa shape index (κ3) is 6.01. The maximum Gasteiger partial charge on any atom is 0.310 e. The Morgan fingerprint density at radius 3 is 2.45 bits per heavy atom. The van der Waals surface area contributed by atoms with Gasteiger partial charge in [-0.25, -0.2) is 0 Å². The van der Waals surface area contributed by atoms with Crippen LogP contribution in [0.5, 0.6) is 0 Å². The zero-order valence-corrected chi connectivity index (χ0v) is 18.3. The lowest BCUT2D eigenvalue weighted by atomic mass is 9.97. The van der Waals surface area contributed by atoms with Crippen molar-refractivity contribution < 1.29 is 14.3 Å². The van der Waals surface area contributed by atoms with Crippen LogP contribution in [0.2, 0.25) is 0 Å². The summed E-state index contributed by atoms with van der Waals surface area (Å²) in [4.78, 5) is 30.8. The summed E-state index contributed by atoms with van der Waals surface area (Å²) in [6.07, 6.45) is 4.02. The van der Waals surface area contributed by atoms with Crippen LogP contribution < -0.4 is 0 Å². The Labute approximate surface area is 183 Å². The smallest absolute Gasteiger partial charge is 0.310 e. The van der Waals surface area contributed by atoms with Gasteiger partial charge in [0.2, 0.25) is 5.91 Å². The first-order valence-electron chi connectivity index (χ1n) is 10.4. The van der Waals surface area contributed by atoms with E-state index in [0.29, 0.717) is 19.5 Å². The van der Waals surface area contributed by atoms with E-state index in [1.807, 2.05) is 61.2 Å². The summed E-state index contributed by atoms with van der Waals surface area (Å²) in [6.45, 7) is 5.18. The lowest BCUT2D eigenvalue weighted by molar-refractivity contribution is -0.139. The number of rotatable bonds is 8. The highest BCUT2D eigenvalue weighted by atomic mass is 16.5. The molecule has 0 bridgehead atoms. The van der Waals surface area contributed by atoms with Gasteiger partial charge >= 0.3 is 5.97 Å². The largest absolute Gasteiger partial charge is 0.469 e. The Bertz CT molecular complexity index is 1050. The van der Waals surface area contributed by atoms with Crippen molar-refractivity contribution in [3.8, 4) is 11.1 Å². The first-order valence-corrected chi connectivity index (χ1v) is 10.4. The van der Waals surface area contributed by atoms with Crippen molar-refractivity contribution in [3.05, 3.63) is 89.2 Å². The number of amides is 1. The summed E-state index contributed by atoms with van der Waals surface area (Å²) in [5.74, 6) is -0.203. The molecule has 0 fully saturated rings. The molecule has 5 nitrogen and oxygen atoms in total. The minimum absolute atomic E-state index is 0.0960. The molecule has 1 aromatic heterocycles. The van der Waals surface area contributed by atoms with E-state index in [-0.39, 0.29) is 18.3 Å². The van der Waals surface area contributed by atoms with Crippen LogP contribution in [-0.4, -0.2) is 35.4 Å². The van der Waals surface area contributed by atoms with Crippen LogP contribution in [0.1, 0.15) is 29.2 Å². The number of hydrogen-bond donors (Lipinski definition) is 0. The molecule has 0 spiro atoms. The maximum atomic E-state index is 13.0. The average molecular weight is 417 g/mol. The fraction of sp³-hybridized carbons (Fsp3) is 0.269. The summed E-state index contributed by atoms with van der Waals surface area (Å²) in [5, 5.41) is 0. The van der Waals surface area contributed by atoms with Gasteiger partial charge in [0.1, 0.15) is 0 Å². The second-order valence-electron chi connectivity index (χ2n) is 7.57. The molecule has 0 atom stereocenters. The first kappa shape index (κ1) is 22.2. The highest BCUT2D eigenvalue weighted by Gasteiger charge is 2.16. The van der Waals surface area contributed by atoms with Crippen LogP contribution in [0.3, 0.4) is 0 Å². The van der Waals surface area contributed by atoms with Crippen molar-refractivity contribution in [2.24, 2.45) is 0 Å². The molecule has 160 valence electrons. The molecule has 0 unspecified atom stereocenters. The highest BCUT2D eigenvalue weighted by molar-refractivity contribution is 5.79. The molecule has 0 aliphatic rings. The van der Waals surface area contributed by atoms with E-state index in [9.17, 15) is 9.59 Å². The van der Waals surface area contributed by atoms with Gasteiger partial charge in [0, 0.05) is 31.0 Å². The van der Waals surface area contributed by atoms with Crippen molar-refractivity contribution in [2.45, 2.75) is 33.2 Å². The Kier molecular flexibility index (Phi) is 7.55. The predicted octanol–water partition coefficient (Wildman–Crippen LogP) is 4.36. The number of carbonyl (C=O) groups excluding carboxylic acids is 2. The minimum Gasteiger partial charge on any atom is -0.469 e. The fourth-order valence-electron chi connectivity index (χ4n) is 3.57. The molecule has 2 aromatic carbocycles. The Morgan fingerprint density at radius 2 is 1.74 bits per heavy atom. The molecule has 3 aromatic rings. The van der Waals surface area contributed by atoms with E-state index in [4.69, 9.17) is 4.74 Å². The van der Waals surface area contributed by atoms with E-state index in [2.05, 4.69) is 17.1 Å². The fourth-order valence-corrected chi connectivity index (χ4v) is 3.57. The van der Waals surface area contributed by atoms with Crippen LogP contribution in [0.25, 0.3) is 11.1 Å². The molecule has 0 saturated heterocycles. The second-order valence-corrected chi connectivity index (χ2v) is 7.57. The first-order chi connectivity index (χ1) is 15.0. The maximum absolute atomic E-state index is 13.0. The summed E-state index contributed by atoms with van der Waals surface area (Å²) < 4.78 is 4.77. The number of nitrogens with zero attached hydrogens (tertiary/aromatic N) is 2. The van der Waals surface area contributed by atoms with Crippen molar-refractivity contribution in [3.63, 3.8) is 0 Å². The molecular formula is C26H28N2O3. The second kappa shape index (κ2) is 10.5. The number of pyridine rings is 1. The van der Waals surface area contributed by atoms with Gasteiger partial charge in [-0.3, -0.25) is 14.6 Å². The van der Waals surface area contributed by atoms with Crippen LogP contribution in [0, 0.1) is 6.92 Å². The Morgan fingerprint density at radius 1 is 0.968 bits per heavy atom. The third-order valence-corrected chi connectivity index (χ3v) is 5.24. The number of ether oxygens (including phenoxy) is 1. The molecule has 3 rings (SSSR count). The van der Waals surface area contributed by atoms with Crippen LogP contribution in [0.4, 0.5) is 0 Å². The summed E-state index contributed by atoms with van der Waals surface area (Å²) in [5.41, 5.74) is 5.92. The van der Waals surface area contributed by atoms with Gasteiger partial charge < -0.3 is 9.64 Å². The number of carbonyl (C=O) groups is 2. The molecule has 31 heavy (non-hydrogen) atoms. The van der Waals surface area contributed by atoms with Crippen LogP contribution >= 0.6 is 0 Å². The van der Waals surface area contributed by atoms with E-state index < -0.39 is 0 Å². The van der Waals surface area contributed by atoms with Gasteiger partial charge in [-0.15, -0.1) is 0 Å². The molecule has 0 saturated carbocycles. The Balaban J connectivity index is 1.86. The number of aryl methyl sites for hydroxylation is 1. The number of esters is 1. The quantitative estimate of drug-likeness (QED) is 0.512. The topological polar surface area (TPSA) is 59.5 Å². The third-order valence-electron chi connectivity index (χ3n) is 5.24. The minimum atomic E-state index is -0.299. The number of aromatic nitrogens is 1. The number of likely N-dealkylation sites (N-methyl/N-ethyl adjacent to an activating group) is 1. The van der Waals surface area contributed by atoms with Crippen molar-refractivity contribution in [1.29, 1.82) is 0 Å². The van der Waals surface area contributed by atoms with Crippen molar-refractivity contribution in [1.82, 2.24) is 9.88 Å². The Hall–Kier alpha value is -3.47. The summed E-state index contributed by atoms with van der Waals surface area (Å²) in [7, 11) is 1.38. The molecule has 1 amide bonds. The van der Waals surface area contributed by atoms with Gasteiger partial charge in [0.05, 0.1) is 20.0 Å². The standard InChI is InChI=1S/C26H28N2O3/c1-4-28(25(29)14-20-8-6-5-7-9-20)18-23-12-19(2)10-11-24(23)22-13-21(16-27-17-22)15-26(30)31-3/h5-13,16-17H,4,14-15,18H2,1-3H3. The molecule has 5 heteroatoms. The monoisotopic (exact) mass is 416 g/mol. The number of benzene rings is 2. The lowest BCUT2D eigenvalue weighted by Crippen LogP contribution is -2.31. The predicted molar refractivity (Wildman–Crippen MR) is 121 cm³/mol. The number of methoxy groups -OCH3 is 1. The molecule has 1 heterocycles. The van der Waals surface area contributed by atoms with Gasteiger partial charge in [-0.1, -0.05) is 54.1 Å². The zero-order chi connectivity index (χ0) is 22.2. The van der Waals surface area contributed by atoms with Gasteiger partial charge in [-0.2, -0.15) is 0 Å². The van der Waals surface area contributed by atoms with E-state index in [0.717, 1.165) is 33.4 Å². The lowest BCUT2D eigenvalue weighted by Gasteiger charge is -2.23. The van der Waals surface area contributed by atoms with Gasteiger partial charge in [0.15, 0.2) is 0 Å². The molecule has 0 aliphatic heterocycles. The van der Waals surface area contributed by atoms with Gasteiger partial charge in [0.25, 0.3) is 0 Å². The van der Waals surface area contributed by atoms with Crippen molar-refractivity contribution in [2.75, 3.05) is 13.7 Å². The number of hydrogen-bond acceptors (Lipinski definition) is 4. The van der Waals surface area contributed by atoms with E-state index in [1.165, 1.54) is 7.11 Å². The van der Waals surface area contributed by atoms with Crippen LogP contribution in [0.15, 0.2) is 67.0 Å². The van der Waals surface area contributed by atoms with Crippen molar-refractivity contribution >= 4 is 11.9 Å². The average Bonchev–Trinajstić information content (AvgIpc) is 2.78. The molecule has 0 radical (unpaired) electrons. The van der Waals surface area contributed by atoms with Crippen LogP contribution in [-0.2, 0) is 33.7 Å². The normalized spacial score (nSPS) is 10.5.